The molecule has 0 radical (unpaired) electrons. The van der Waals surface area contributed by atoms with Crippen LogP contribution in [0.15, 0.2) is 47.4 Å². The summed E-state index contributed by atoms with van der Waals surface area (Å²) in [5.74, 6) is -0.557. The zero-order valence-electron chi connectivity index (χ0n) is 14.7. The average molecular weight is 415 g/mol. The third-order valence-electron chi connectivity index (χ3n) is 3.52. The Morgan fingerprint density at radius 3 is 2.52 bits per heavy atom. The number of rotatable bonds is 9. The molecule has 0 aliphatic rings. The third-order valence-corrected chi connectivity index (χ3v) is 5.20. The molecule has 0 heterocycles. The summed E-state index contributed by atoms with van der Waals surface area (Å²) in [6.07, 6.45) is 1.84. The molecule has 0 spiro atoms. The number of carbonyl (C=O) groups is 1. The highest BCUT2D eigenvalue weighted by Gasteiger charge is 2.17. The highest BCUT2D eigenvalue weighted by molar-refractivity contribution is 7.92. The van der Waals surface area contributed by atoms with Crippen molar-refractivity contribution in [3.05, 3.63) is 53.3 Å². The van der Waals surface area contributed by atoms with E-state index in [0.29, 0.717) is 6.54 Å². The van der Waals surface area contributed by atoms with Gasteiger partial charge in [0.05, 0.1) is 9.92 Å². The minimum absolute atomic E-state index is 0.0540. The lowest BCUT2D eigenvalue weighted by Gasteiger charge is -2.11. The molecular formula is C18H20ClFN2O4S. The Morgan fingerprint density at radius 1 is 1.19 bits per heavy atom. The Hall–Kier alpha value is -2.32. The standard InChI is InChI=1S/C18H20ClFN2O4S/c1-2-3-10-21-18(23)12-26-17-9-8-15(11-16(17)19)27(24,25)22-14-6-4-13(20)5-7-14/h4-9,11,22H,2-3,10,12H2,1H3,(H,21,23). The van der Waals surface area contributed by atoms with Gasteiger partial charge in [-0.05, 0) is 48.9 Å². The van der Waals surface area contributed by atoms with Gasteiger partial charge in [-0.3, -0.25) is 9.52 Å². The molecule has 2 aromatic carbocycles. The fourth-order valence-corrected chi connectivity index (χ4v) is 3.48. The van der Waals surface area contributed by atoms with Gasteiger partial charge in [0.15, 0.2) is 6.61 Å². The second kappa shape index (κ2) is 9.57. The summed E-state index contributed by atoms with van der Waals surface area (Å²) < 4.78 is 45.4. The molecule has 0 aliphatic heterocycles. The first-order chi connectivity index (χ1) is 12.8. The number of sulfonamides is 1. The Morgan fingerprint density at radius 2 is 1.89 bits per heavy atom. The summed E-state index contributed by atoms with van der Waals surface area (Å²) in [5, 5.41) is 2.75. The SMILES string of the molecule is CCCCNC(=O)COc1ccc(S(=O)(=O)Nc2ccc(F)cc2)cc1Cl. The van der Waals surface area contributed by atoms with Crippen LogP contribution in [0.3, 0.4) is 0 Å². The van der Waals surface area contributed by atoms with E-state index in [-0.39, 0.29) is 33.9 Å². The number of amides is 1. The topological polar surface area (TPSA) is 84.5 Å². The number of halogens is 2. The van der Waals surface area contributed by atoms with Crippen molar-refractivity contribution < 1.29 is 22.3 Å². The summed E-state index contributed by atoms with van der Waals surface area (Å²) in [5.41, 5.74) is 0.219. The maximum absolute atomic E-state index is 12.9. The van der Waals surface area contributed by atoms with E-state index in [0.717, 1.165) is 25.0 Å². The lowest BCUT2D eigenvalue weighted by Crippen LogP contribution is -2.29. The number of anilines is 1. The van der Waals surface area contributed by atoms with Crippen LogP contribution in [-0.2, 0) is 14.8 Å². The van der Waals surface area contributed by atoms with Gasteiger partial charge in [-0.1, -0.05) is 24.9 Å². The van der Waals surface area contributed by atoms with Gasteiger partial charge < -0.3 is 10.1 Å². The third kappa shape index (κ3) is 6.41. The summed E-state index contributed by atoms with van der Waals surface area (Å²) in [7, 11) is -3.90. The monoisotopic (exact) mass is 414 g/mol. The van der Waals surface area contributed by atoms with Crippen LogP contribution in [0.2, 0.25) is 5.02 Å². The zero-order chi connectivity index (χ0) is 19.9. The van der Waals surface area contributed by atoms with Gasteiger partial charge in [0.1, 0.15) is 11.6 Å². The van der Waals surface area contributed by atoms with Gasteiger partial charge in [-0.25, -0.2) is 12.8 Å². The molecule has 0 bridgehead atoms. The highest BCUT2D eigenvalue weighted by Crippen LogP contribution is 2.28. The van der Waals surface area contributed by atoms with Crippen molar-refractivity contribution in [3.63, 3.8) is 0 Å². The van der Waals surface area contributed by atoms with Crippen LogP contribution >= 0.6 is 11.6 Å². The summed E-state index contributed by atoms with van der Waals surface area (Å²) in [4.78, 5) is 11.6. The van der Waals surface area contributed by atoms with Crippen molar-refractivity contribution >= 4 is 33.2 Å². The lowest BCUT2D eigenvalue weighted by atomic mass is 10.3. The zero-order valence-corrected chi connectivity index (χ0v) is 16.2. The van der Waals surface area contributed by atoms with Crippen LogP contribution in [0, 0.1) is 5.82 Å². The van der Waals surface area contributed by atoms with E-state index in [4.69, 9.17) is 16.3 Å². The molecule has 2 N–H and O–H groups in total. The van der Waals surface area contributed by atoms with Gasteiger partial charge >= 0.3 is 0 Å². The Bertz CT molecular complexity index is 889. The van der Waals surface area contributed by atoms with Crippen molar-refractivity contribution in [3.8, 4) is 5.75 Å². The number of carbonyl (C=O) groups excluding carboxylic acids is 1. The van der Waals surface area contributed by atoms with E-state index in [1.54, 1.807) is 0 Å². The second-order valence-electron chi connectivity index (χ2n) is 5.70. The Labute approximate surface area is 162 Å². The van der Waals surface area contributed by atoms with E-state index in [1.807, 2.05) is 6.92 Å². The fraction of sp³-hybridized carbons (Fsp3) is 0.278. The molecule has 6 nitrogen and oxygen atoms in total. The molecule has 2 aromatic rings. The predicted molar refractivity (Wildman–Crippen MR) is 102 cm³/mol. The van der Waals surface area contributed by atoms with Gasteiger partial charge in [0, 0.05) is 12.2 Å². The molecule has 9 heteroatoms. The number of unbranched alkanes of at least 4 members (excludes halogenated alkanes) is 1. The minimum Gasteiger partial charge on any atom is -0.482 e. The first-order valence-electron chi connectivity index (χ1n) is 8.29. The highest BCUT2D eigenvalue weighted by atomic mass is 35.5. The molecule has 0 unspecified atom stereocenters. The molecule has 0 aliphatic carbocycles. The summed E-state index contributed by atoms with van der Waals surface area (Å²) in [6.45, 7) is 2.37. The maximum atomic E-state index is 12.9. The molecule has 0 atom stereocenters. The molecular weight excluding hydrogens is 395 g/mol. The number of hydrogen-bond donors (Lipinski definition) is 2. The van der Waals surface area contributed by atoms with E-state index < -0.39 is 15.8 Å². The van der Waals surface area contributed by atoms with Crippen molar-refractivity contribution in [1.29, 1.82) is 0 Å². The van der Waals surface area contributed by atoms with E-state index in [1.165, 1.54) is 30.3 Å². The van der Waals surface area contributed by atoms with E-state index in [9.17, 15) is 17.6 Å². The van der Waals surface area contributed by atoms with Crippen molar-refractivity contribution in [2.45, 2.75) is 24.7 Å². The number of hydrogen-bond acceptors (Lipinski definition) is 4. The number of nitrogens with one attached hydrogen (secondary N) is 2. The molecule has 0 fully saturated rings. The Balaban J connectivity index is 2.02. The van der Waals surface area contributed by atoms with Crippen LogP contribution in [0.1, 0.15) is 19.8 Å². The van der Waals surface area contributed by atoms with Crippen LogP contribution in [0.25, 0.3) is 0 Å². The normalized spacial score (nSPS) is 11.1. The van der Waals surface area contributed by atoms with Crippen LogP contribution in [-0.4, -0.2) is 27.5 Å². The van der Waals surface area contributed by atoms with E-state index in [2.05, 4.69) is 10.0 Å². The van der Waals surface area contributed by atoms with Gasteiger partial charge in [-0.2, -0.15) is 0 Å². The predicted octanol–water partition coefficient (Wildman–Crippen LogP) is 3.58. The van der Waals surface area contributed by atoms with Gasteiger partial charge in [0.25, 0.3) is 15.9 Å². The average Bonchev–Trinajstić information content (AvgIpc) is 2.62. The van der Waals surface area contributed by atoms with Gasteiger partial charge in [-0.15, -0.1) is 0 Å². The van der Waals surface area contributed by atoms with Crippen molar-refractivity contribution in [1.82, 2.24) is 5.32 Å². The van der Waals surface area contributed by atoms with Crippen LogP contribution in [0.5, 0.6) is 5.75 Å². The molecule has 0 saturated heterocycles. The van der Waals surface area contributed by atoms with Crippen LogP contribution in [0.4, 0.5) is 10.1 Å². The lowest BCUT2D eigenvalue weighted by molar-refractivity contribution is -0.123. The quantitative estimate of drug-likeness (QED) is 0.614. The molecule has 1 amide bonds. The molecule has 146 valence electrons. The van der Waals surface area contributed by atoms with Crippen molar-refractivity contribution in [2.24, 2.45) is 0 Å². The minimum atomic E-state index is -3.90. The van der Waals surface area contributed by atoms with E-state index >= 15 is 0 Å². The molecule has 0 saturated carbocycles. The van der Waals surface area contributed by atoms with Crippen molar-refractivity contribution in [2.75, 3.05) is 17.9 Å². The first kappa shape index (κ1) is 21.0. The number of benzene rings is 2. The summed E-state index contributed by atoms with van der Waals surface area (Å²) >= 11 is 6.07. The molecule has 2 rings (SSSR count). The number of ether oxygens (including phenoxy) is 1. The first-order valence-corrected chi connectivity index (χ1v) is 10.2. The Kier molecular flexibility index (Phi) is 7.44. The second-order valence-corrected chi connectivity index (χ2v) is 7.79. The molecule has 27 heavy (non-hydrogen) atoms. The smallest absolute Gasteiger partial charge is 0.261 e. The summed E-state index contributed by atoms with van der Waals surface area (Å²) in [6, 6.07) is 8.81. The van der Waals surface area contributed by atoms with Crippen LogP contribution < -0.4 is 14.8 Å². The molecule has 0 aromatic heterocycles. The maximum Gasteiger partial charge on any atom is 0.261 e. The van der Waals surface area contributed by atoms with Gasteiger partial charge in [0.2, 0.25) is 0 Å². The largest absolute Gasteiger partial charge is 0.482 e. The fourth-order valence-electron chi connectivity index (χ4n) is 2.10.